The Kier molecular flexibility index (Phi) is 2.87. The summed E-state index contributed by atoms with van der Waals surface area (Å²) in [4.78, 5) is 17.1. The zero-order valence-electron chi connectivity index (χ0n) is 11.7. The number of rotatable bonds is 1. The highest BCUT2D eigenvalue weighted by molar-refractivity contribution is 9.10. The van der Waals surface area contributed by atoms with Gasteiger partial charge in [0.1, 0.15) is 6.33 Å². The lowest BCUT2D eigenvalue weighted by Gasteiger charge is -2.06. The zero-order chi connectivity index (χ0) is 15.3. The van der Waals surface area contributed by atoms with Gasteiger partial charge in [0.05, 0.1) is 22.1 Å². The Morgan fingerprint density at radius 3 is 2.77 bits per heavy atom. The number of benzene rings is 2. The van der Waals surface area contributed by atoms with Crippen LogP contribution in [0.2, 0.25) is 0 Å². The second kappa shape index (κ2) is 4.78. The van der Waals surface area contributed by atoms with Gasteiger partial charge in [0.15, 0.2) is 0 Å². The fourth-order valence-corrected chi connectivity index (χ4v) is 2.93. The Balaban J connectivity index is 1.99. The minimum atomic E-state index is -0.0884. The average molecular weight is 355 g/mol. The molecule has 0 N–H and O–H groups in total. The van der Waals surface area contributed by atoms with E-state index in [-0.39, 0.29) is 5.56 Å². The number of hydrogen-bond acceptors (Lipinski definition) is 3. The molecule has 0 spiro atoms. The molecule has 0 aliphatic heterocycles. The van der Waals surface area contributed by atoms with E-state index >= 15 is 0 Å². The van der Waals surface area contributed by atoms with Gasteiger partial charge in [0, 0.05) is 23.1 Å². The first kappa shape index (κ1) is 13.2. The van der Waals surface area contributed by atoms with Crippen LogP contribution in [-0.4, -0.2) is 19.3 Å². The number of hydrogen-bond donors (Lipinski definition) is 0. The van der Waals surface area contributed by atoms with Gasteiger partial charge >= 0.3 is 0 Å². The number of fused-ring (bicyclic) bond motifs is 2. The molecule has 4 rings (SSSR count). The highest BCUT2D eigenvalue weighted by Gasteiger charge is 2.08. The Bertz CT molecular complexity index is 1080. The standard InChI is InChI=1S/C16H11BrN4O/c1-20-8-10-6-12(3-5-14(10)19-20)21-9-18-15-4-2-11(17)7-13(15)16(21)22/h2-9H,1H3. The molecule has 5 nitrogen and oxygen atoms in total. The molecule has 6 heteroatoms. The van der Waals surface area contributed by atoms with E-state index in [1.807, 2.05) is 43.6 Å². The van der Waals surface area contributed by atoms with Gasteiger partial charge in [-0.2, -0.15) is 5.10 Å². The van der Waals surface area contributed by atoms with E-state index in [0.29, 0.717) is 10.9 Å². The predicted octanol–water partition coefficient (Wildman–Crippen LogP) is 3.03. The van der Waals surface area contributed by atoms with Crippen LogP contribution < -0.4 is 5.56 Å². The smallest absolute Gasteiger partial charge is 0.265 e. The maximum Gasteiger partial charge on any atom is 0.265 e. The third-order valence-corrected chi connectivity index (χ3v) is 4.09. The van der Waals surface area contributed by atoms with Crippen LogP contribution in [0.5, 0.6) is 0 Å². The van der Waals surface area contributed by atoms with E-state index in [4.69, 9.17) is 0 Å². The maximum absolute atomic E-state index is 12.7. The molecule has 0 atom stereocenters. The number of halogens is 1. The third-order valence-electron chi connectivity index (χ3n) is 3.60. The van der Waals surface area contributed by atoms with Crippen LogP contribution in [0.15, 0.2) is 58.2 Å². The van der Waals surface area contributed by atoms with Crippen molar-refractivity contribution in [3.05, 3.63) is 63.7 Å². The molecule has 0 radical (unpaired) electrons. The normalized spacial score (nSPS) is 11.4. The molecular formula is C16H11BrN4O. The number of aryl methyl sites for hydroxylation is 1. The summed E-state index contributed by atoms with van der Waals surface area (Å²) >= 11 is 3.40. The lowest BCUT2D eigenvalue weighted by Crippen LogP contribution is -2.18. The van der Waals surface area contributed by atoms with Crippen molar-refractivity contribution in [3.63, 3.8) is 0 Å². The summed E-state index contributed by atoms with van der Waals surface area (Å²) < 4.78 is 4.17. The van der Waals surface area contributed by atoms with E-state index in [2.05, 4.69) is 26.0 Å². The topological polar surface area (TPSA) is 52.7 Å². The van der Waals surface area contributed by atoms with Crippen molar-refractivity contribution in [2.75, 3.05) is 0 Å². The summed E-state index contributed by atoms with van der Waals surface area (Å²) in [7, 11) is 1.88. The van der Waals surface area contributed by atoms with Crippen LogP contribution in [0.3, 0.4) is 0 Å². The molecule has 0 amide bonds. The Labute approximate surface area is 134 Å². The fourth-order valence-electron chi connectivity index (χ4n) is 2.56. The molecule has 2 aromatic heterocycles. The SMILES string of the molecule is Cn1cc2cc(-n3cnc4ccc(Br)cc4c3=O)ccc2n1. The molecule has 0 aliphatic carbocycles. The summed E-state index contributed by atoms with van der Waals surface area (Å²) in [5.74, 6) is 0. The predicted molar refractivity (Wildman–Crippen MR) is 89.3 cm³/mol. The van der Waals surface area contributed by atoms with Gasteiger partial charge < -0.3 is 0 Å². The molecule has 4 aromatic rings. The Morgan fingerprint density at radius 2 is 1.91 bits per heavy atom. The van der Waals surface area contributed by atoms with E-state index in [1.54, 1.807) is 21.6 Å². The van der Waals surface area contributed by atoms with E-state index in [1.165, 1.54) is 0 Å². The molecule has 0 unspecified atom stereocenters. The monoisotopic (exact) mass is 354 g/mol. The lowest BCUT2D eigenvalue weighted by molar-refractivity contribution is 0.780. The van der Waals surface area contributed by atoms with Crippen molar-refractivity contribution >= 4 is 37.7 Å². The third kappa shape index (κ3) is 2.03. The van der Waals surface area contributed by atoms with Crippen LogP contribution in [0.1, 0.15) is 0 Å². The first-order valence-corrected chi connectivity index (χ1v) is 7.52. The first-order valence-electron chi connectivity index (χ1n) is 6.72. The minimum Gasteiger partial charge on any atom is -0.275 e. The molecule has 2 heterocycles. The maximum atomic E-state index is 12.7. The molecule has 0 saturated heterocycles. The van der Waals surface area contributed by atoms with E-state index < -0.39 is 0 Å². The van der Waals surface area contributed by atoms with Gasteiger partial charge in [-0.1, -0.05) is 15.9 Å². The van der Waals surface area contributed by atoms with Crippen molar-refractivity contribution in [2.24, 2.45) is 7.05 Å². The van der Waals surface area contributed by atoms with Crippen LogP contribution >= 0.6 is 15.9 Å². The van der Waals surface area contributed by atoms with Gasteiger partial charge in [-0.25, -0.2) is 4.98 Å². The van der Waals surface area contributed by atoms with Crippen LogP contribution in [0, 0.1) is 0 Å². The summed E-state index contributed by atoms with van der Waals surface area (Å²) in [5, 5.41) is 5.91. The van der Waals surface area contributed by atoms with Crippen molar-refractivity contribution in [3.8, 4) is 5.69 Å². The molecule has 108 valence electrons. The minimum absolute atomic E-state index is 0.0884. The Morgan fingerprint density at radius 1 is 1.09 bits per heavy atom. The van der Waals surface area contributed by atoms with Gasteiger partial charge in [-0.05, 0) is 36.4 Å². The zero-order valence-corrected chi connectivity index (χ0v) is 13.3. The number of aromatic nitrogens is 4. The van der Waals surface area contributed by atoms with Crippen molar-refractivity contribution in [2.45, 2.75) is 0 Å². The van der Waals surface area contributed by atoms with Gasteiger partial charge in [0.25, 0.3) is 5.56 Å². The summed E-state index contributed by atoms with van der Waals surface area (Å²) in [6, 6.07) is 11.2. The molecule has 0 saturated carbocycles. The van der Waals surface area contributed by atoms with Crippen molar-refractivity contribution < 1.29 is 0 Å². The fraction of sp³-hybridized carbons (Fsp3) is 0.0625. The van der Waals surface area contributed by atoms with Crippen LogP contribution in [-0.2, 0) is 7.05 Å². The van der Waals surface area contributed by atoms with Gasteiger partial charge in [-0.15, -0.1) is 0 Å². The van der Waals surface area contributed by atoms with E-state index in [0.717, 1.165) is 21.1 Å². The van der Waals surface area contributed by atoms with E-state index in [9.17, 15) is 4.79 Å². The molecular weight excluding hydrogens is 344 g/mol. The Hall–Kier alpha value is -2.47. The van der Waals surface area contributed by atoms with Crippen LogP contribution in [0.25, 0.3) is 27.5 Å². The molecule has 0 fully saturated rings. The highest BCUT2D eigenvalue weighted by Crippen LogP contribution is 2.18. The molecule has 0 bridgehead atoms. The largest absolute Gasteiger partial charge is 0.275 e. The van der Waals surface area contributed by atoms with Crippen molar-refractivity contribution in [1.29, 1.82) is 0 Å². The lowest BCUT2D eigenvalue weighted by atomic mass is 10.2. The highest BCUT2D eigenvalue weighted by atomic mass is 79.9. The first-order chi connectivity index (χ1) is 10.6. The summed E-state index contributed by atoms with van der Waals surface area (Å²) in [5.41, 5.74) is 2.28. The van der Waals surface area contributed by atoms with Gasteiger partial charge in [0.2, 0.25) is 0 Å². The summed E-state index contributed by atoms with van der Waals surface area (Å²) in [6.07, 6.45) is 3.49. The van der Waals surface area contributed by atoms with Crippen LogP contribution in [0.4, 0.5) is 0 Å². The average Bonchev–Trinajstić information content (AvgIpc) is 2.87. The van der Waals surface area contributed by atoms with Gasteiger partial charge in [-0.3, -0.25) is 14.0 Å². The molecule has 2 aromatic carbocycles. The van der Waals surface area contributed by atoms with Crippen molar-refractivity contribution in [1.82, 2.24) is 19.3 Å². The quantitative estimate of drug-likeness (QED) is 0.527. The number of nitrogens with zero attached hydrogens (tertiary/aromatic N) is 4. The second-order valence-corrected chi connectivity index (χ2v) is 6.04. The second-order valence-electron chi connectivity index (χ2n) is 5.13. The molecule has 22 heavy (non-hydrogen) atoms. The molecule has 0 aliphatic rings. The summed E-state index contributed by atoms with van der Waals surface area (Å²) in [6.45, 7) is 0.